The fourth-order valence-electron chi connectivity index (χ4n) is 4.00. The third-order valence-corrected chi connectivity index (χ3v) is 5.37. The molecule has 0 atom stereocenters. The van der Waals surface area contributed by atoms with Crippen LogP contribution in [0.4, 0.5) is 0 Å². The predicted molar refractivity (Wildman–Crippen MR) is 129 cm³/mol. The van der Waals surface area contributed by atoms with E-state index >= 15 is 0 Å². The van der Waals surface area contributed by atoms with Crippen LogP contribution in [0.5, 0.6) is 0 Å². The first-order valence-electron chi connectivity index (χ1n) is 12.5. The largest absolute Gasteiger partial charge is 0.335 e. The van der Waals surface area contributed by atoms with Crippen molar-refractivity contribution < 1.29 is 4.79 Å². The maximum atomic E-state index is 12.4. The monoisotopic (exact) mass is 423 g/mol. The molecular weight excluding hydrogens is 374 g/mol. The second-order valence-corrected chi connectivity index (χ2v) is 6.88. The Kier molecular flexibility index (Phi) is 16.5. The zero-order valence-corrected chi connectivity index (χ0v) is 21.1. The average molecular weight is 424 g/mol. The molecule has 0 bridgehead atoms. The highest BCUT2D eigenvalue weighted by Gasteiger charge is 2.36. The first-order chi connectivity index (χ1) is 14.8. The lowest BCUT2D eigenvalue weighted by atomic mass is 9.95. The molecule has 2 fully saturated rings. The number of nitrogens with one attached hydrogen (secondary N) is 1. The molecule has 0 unspecified atom stereocenters. The smallest absolute Gasteiger partial charge is 0.244 e. The van der Waals surface area contributed by atoms with Crippen LogP contribution in [0.1, 0.15) is 73.9 Å². The van der Waals surface area contributed by atoms with E-state index in [1.807, 2.05) is 66.1 Å². The van der Waals surface area contributed by atoms with Gasteiger partial charge in [-0.1, -0.05) is 55.4 Å². The van der Waals surface area contributed by atoms with Crippen molar-refractivity contribution >= 4 is 5.91 Å². The van der Waals surface area contributed by atoms with Gasteiger partial charge in [0.25, 0.3) is 0 Å². The molecule has 0 radical (unpaired) electrons. The molecule has 1 amide bonds. The number of nitrogens with zero attached hydrogens (tertiary/aromatic N) is 4. The van der Waals surface area contributed by atoms with Crippen LogP contribution in [0.25, 0.3) is 0 Å². The average Bonchev–Trinajstić information content (AvgIpc) is 3.18. The number of carbonyl (C=O) groups is 1. The molecule has 0 saturated carbocycles. The fraction of sp³-hybridized carbons (Fsp3) is 0.833. The summed E-state index contributed by atoms with van der Waals surface area (Å²) < 4.78 is 1.85. The first-order valence-corrected chi connectivity index (χ1v) is 12.5. The van der Waals surface area contributed by atoms with Crippen molar-refractivity contribution in [1.29, 1.82) is 0 Å². The van der Waals surface area contributed by atoms with Crippen LogP contribution in [0.15, 0.2) is 12.3 Å². The molecule has 3 aliphatic rings. The topological polar surface area (TPSA) is 53.4 Å². The van der Waals surface area contributed by atoms with Gasteiger partial charge in [-0.05, 0) is 37.9 Å². The Morgan fingerprint density at radius 1 is 1.00 bits per heavy atom. The number of rotatable bonds is 3. The number of fused-ring (bicyclic) bond motifs is 1. The van der Waals surface area contributed by atoms with E-state index in [-0.39, 0.29) is 5.91 Å². The van der Waals surface area contributed by atoms with Crippen LogP contribution in [0.3, 0.4) is 0 Å². The molecule has 1 aromatic rings. The molecule has 0 aromatic carbocycles. The van der Waals surface area contributed by atoms with E-state index in [0.717, 1.165) is 45.1 Å². The van der Waals surface area contributed by atoms with Crippen molar-refractivity contribution in [2.24, 2.45) is 5.92 Å². The normalized spacial score (nSPS) is 19.1. The van der Waals surface area contributed by atoms with Crippen molar-refractivity contribution in [1.82, 2.24) is 24.9 Å². The predicted octanol–water partition coefficient (Wildman–Crippen LogP) is 4.06. The molecule has 1 aromatic heterocycles. The Labute approximate surface area is 186 Å². The molecular formula is C24H49N5O. The second kappa shape index (κ2) is 17.3. The summed E-state index contributed by atoms with van der Waals surface area (Å²) in [5.41, 5.74) is 1.18. The van der Waals surface area contributed by atoms with Crippen molar-refractivity contribution in [3.8, 4) is 0 Å². The summed E-state index contributed by atoms with van der Waals surface area (Å²) in [6.45, 7) is 22.9. The number of amides is 1. The van der Waals surface area contributed by atoms with Gasteiger partial charge in [-0.3, -0.25) is 14.4 Å². The Morgan fingerprint density at radius 2 is 1.60 bits per heavy atom. The summed E-state index contributed by atoms with van der Waals surface area (Å²) >= 11 is 0. The van der Waals surface area contributed by atoms with E-state index in [2.05, 4.69) is 20.2 Å². The van der Waals surface area contributed by atoms with Crippen molar-refractivity contribution in [3.63, 3.8) is 0 Å². The summed E-state index contributed by atoms with van der Waals surface area (Å²) in [7, 11) is 0. The number of hydrogen-bond donors (Lipinski definition) is 1. The molecule has 1 N–H and O–H groups in total. The van der Waals surface area contributed by atoms with Gasteiger partial charge in [-0.25, -0.2) is 0 Å². The van der Waals surface area contributed by atoms with Gasteiger partial charge in [-0.2, -0.15) is 5.10 Å². The van der Waals surface area contributed by atoms with E-state index in [1.54, 1.807) is 6.20 Å². The Morgan fingerprint density at radius 3 is 2.20 bits per heavy atom. The number of hydrogen-bond acceptors (Lipinski definition) is 4. The third-order valence-electron chi connectivity index (χ3n) is 5.37. The van der Waals surface area contributed by atoms with Crippen LogP contribution >= 0.6 is 0 Å². The summed E-state index contributed by atoms with van der Waals surface area (Å²) in [5.74, 6) is 1.07. The summed E-state index contributed by atoms with van der Waals surface area (Å²) in [6.07, 6.45) is 5.31. The Hall–Kier alpha value is -1.40. The van der Waals surface area contributed by atoms with E-state index in [4.69, 9.17) is 0 Å². The molecule has 4 rings (SSSR count). The minimum atomic E-state index is 0.231. The molecule has 3 aliphatic heterocycles. The molecule has 30 heavy (non-hydrogen) atoms. The second-order valence-electron chi connectivity index (χ2n) is 6.88. The van der Waals surface area contributed by atoms with Crippen LogP contribution < -0.4 is 5.32 Å². The fourth-order valence-corrected chi connectivity index (χ4v) is 4.00. The van der Waals surface area contributed by atoms with Gasteiger partial charge >= 0.3 is 0 Å². The van der Waals surface area contributed by atoms with Gasteiger partial charge in [0.05, 0.1) is 6.04 Å². The van der Waals surface area contributed by atoms with Crippen molar-refractivity contribution in [2.45, 2.75) is 87.2 Å². The zero-order chi connectivity index (χ0) is 22.9. The standard InChI is InChI=1S/C16H25N5O.4C2H6/c22-16-12-21-14(3-7-18-21)4-8-20(16)15-10-19(11-15)9-13-1-5-17-6-2-13;4*1-2/h3,7,13,15,17H,1-2,4-6,8-12H2;4*1-2H3. The molecule has 6 nitrogen and oxygen atoms in total. The van der Waals surface area contributed by atoms with Crippen LogP contribution in [0.2, 0.25) is 0 Å². The highest BCUT2D eigenvalue weighted by Crippen LogP contribution is 2.22. The quantitative estimate of drug-likeness (QED) is 0.797. The summed E-state index contributed by atoms with van der Waals surface area (Å²) in [4.78, 5) is 17.1. The number of carbonyl (C=O) groups excluding carboxylic acids is 1. The van der Waals surface area contributed by atoms with Crippen LogP contribution in [0, 0.1) is 5.92 Å². The highest BCUT2D eigenvalue weighted by atomic mass is 16.2. The van der Waals surface area contributed by atoms with E-state index < -0.39 is 0 Å². The van der Waals surface area contributed by atoms with E-state index in [9.17, 15) is 4.79 Å². The molecule has 0 spiro atoms. The zero-order valence-electron chi connectivity index (χ0n) is 21.1. The SMILES string of the molecule is CC.CC.CC.CC.O=C1Cn2nccc2CCN1C1CN(CC2CCNCC2)C1. The third kappa shape index (κ3) is 8.38. The van der Waals surface area contributed by atoms with Gasteiger partial charge in [0.15, 0.2) is 0 Å². The first kappa shape index (κ1) is 28.6. The lowest BCUT2D eigenvalue weighted by Gasteiger charge is -2.46. The van der Waals surface area contributed by atoms with Gasteiger partial charge < -0.3 is 10.2 Å². The minimum Gasteiger partial charge on any atom is -0.335 e. The lowest BCUT2D eigenvalue weighted by Crippen LogP contribution is -2.62. The summed E-state index contributed by atoms with van der Waals surface area (Å²) in [5, 5.41) is 7.67. The molecule has 4 heterocycles. The van der Waals surface area contributed by atoms with Gasteiger partial charge in [0, 0.05) is 44.5 Å². The maximum Gasteiger partial charge on any atom is 0.244 e. The highest BCUT2D eigenvalue weighted by molar-refractivity contribution is 5.77. The van der Waals surface area contributed by atoms with E-state index in [0.29, 0.717) is 12.6 Å². The van der Waals surface area contributed by atoms with Crippen LogP contribution in [-0.2, 0) is 17.8 Å². The Balaban J connectivity index is 0.000000948. The van der Waals surface area contributed by atoms with Gasteiger partial charge in [-0.15, -0.1) is 0 Å². The van der Waals surface area contributed by atoms with Crippen molar-refractivity contribution in [2.75, 3.05) is 39.3 Å². The Bertz CT molecular complexity index is 533. The van der Waals surface area contributed by atoms with Gasteiger partial charge in [0.1, 0.15) is 6.54 Å². The van der Waals surface area contributed by atoms with Crippen molar-refractivity contribution in [3.05, 3.63) is 18.0 Å². The molecule has 0 aliphatic carbocycles. The molecule has 2 saturated heterocycles. The van der Waals surface area contributed by atoms with E-state index in [1.165, 1.54) is 25.1 Å². The minimum absolute atomic E-state index is 0.231. The maximum absolute atomic E-state index is 12.4. The lowest BCUT2D eigenvalue weighted by molar-refractivity contribution is -0.137. The molecule has 176 valence electrons. The number of piperidine rings is 1. The number of likely N-dealkylation sites (tertiary alicyclic amines) is 1. The van der Waals surface area contributed by atoms with Crippen LogP contribution in [-0.4, -0.2) is 70.8 Å². The van der Waals surface area contributed by atoms with Gasteiger partial charge in [0.2, 0.25) is 5.91 Å². The molecule has 6 heteroatoms. The number of aromatic nitrogens is 2. The summed E-state index contributed by atoms with van der Waals surface area (Å²) in [6, 6.07) is 2.44.